The van der Waals surface area contributed by atoms with E-state index in [0.29, 0.717) is 18.7 Å². The highest BCUT2D eigenvalue weighted by Gasteiger charge is 2.28. The monoisotopic (exact) mass is 286 g/mol. The first-order valence-electron chi connectivity index (χ1n) is 7.38. The SMILES string of the molecule is CC(C)NC(=O)CN(C[C@H]1CCCO1)[C@@H]1CCSC1. The van der Waals surface area contributed by atoms with Crippen molar-refractivity contribution in [2.24, 2.45) is 0 Å². The molecule has 0 aromatic carbocycles. The van der Waals surface area contributed by atoms with Crippen LogP contribution in [0.1, 0.15) is 33.1 Å². The molecule has 0 unspecified atom stereocenters. The summed E-state index contributed by atoms with van der Waals surface area (Å²) in [6, 6.07) is 0.766. The van der Waals surface area contributed by atoms with E-state index in [1.165, 1.54) is 12.2 Å². The van der Waals surface area contributed by atoms with Crippen LogP contribution in [0.4, 0.5) is 0 Å². The van der Waals surface area contributed by atoms with Gasteiger partial charge in [-0.05, 0) is 38.9 Å². The van der Waals surface area contributed by atoms with Crippen molar-refractivity contribution in [1.29, 1.82) is 0 Å². The molecule has 2 fully saturated rings. The second-order valence-corrected chi connectivity index (χ2v) is 6.95. The van der Waals surface area contributed by atoms with E-state index in [1.807, 2.05) is 25.6 Å². The Bertz CT molecular complexity index is 287. The molecule has 0 aliphatic carbocycles. The highest BCUT2D eigenvalue weighted by atomic mass is 32.2. The fraction of sp³-hybridized carbons (Fsp3) is 0.929. The number of hydrogen-bond acceptors (Lipinski definition) is 4. The Kier molecular flexibility index (Phi) is 5.98. The number of amides is 1. The van der Waals surface area contributed by atoms with Crippen molar-refractivity contribution >= 4 is 17.7 Å². The van der Waals surface area contributed by atoms with Gasteiger partial charge in [0.25, 0.3) is 0 Å². The summed E-state index contributed by atoms with van der Waals surface area (Å²) in [5, 5.41) is 2.99. The summed E-state index contributed by atoms with van der Waals surface area (Å²) in [6.07, 6.45) is 3.84. The summed E-state index contributed by atoms with van der Waals surface area (Å²) >= 11 is 2.00. The van der Waals surface area contributed by atoms with E-state index in [9.17, 15) is 4.79 Å². The summed E-state index contributed by atoms with van der Waals surface area (Å²) < 4.78 is 5.73. The van der Waals surface area contributed by atoms with E-state index in [4.69, 9.17) is 4.74 Å². The molecule has 1 amide bonds. The van der Waals surface area contributed by atoms with E-state index >= 15 is 0 Å². The predicted molar refractivity (Wildman–Crippen MR) is 79.6 cm³/mol. The molecular formula is C14H26N2O2S. The Morgan fingerprint density at radius 2 is 2.32 bits per heavy atom. The van der Waals surface area contributed by atoms with Crippen LogP contribution >= 0.6 is 11.8 Å². The molecule has 19 heavy (non-hydrogen) atoms. The maximum Gasteiger partial charge on any atom is 0.234 e. The first kappa shape index (κ1) is 15.1. The van der Waals surface area contributed by atoms with Gasteiger partial charge in [0.2, 0.25) is 5.91 Å². The number of nitrogens with zero attached hydrogens (tertiary/aromatic N) is 1. The van der Waals surface area contributed by atoms with E-state index in [1.54, 1.807) is 0 Å². The van der Waals surface area contributed by atoms with Gasteiger partial charge in [0.15, 0.2) is 0 Å². The van der Waals surface area contributed by atoms with Crippen molar-refractivity contribution in [3.63, 3.8) is 0 Å². The minimum absolute atomic E-state index is 0.143. The maximum atomic E-state index is 12.0. The van der Waals surface area contributed by atoms with Crippen molar-refractivity contribution in [3.05, 3.63) is 0 Å². The van der Waals surface area contributed by atoms with Crippen LogP contribution in [0.25, 0.3) is 0 Å². The first-order valence-corrected chi connectivity index (χ1v) is 8.53. The Labute approximate surface area is 120 Å². The van der Waals surface area contributed by atoms with Gasteiger partial charge in [0.1, 0.15) is 0 Å². The third-order valence-electron chi connectivity index (χ3n) is 3.68. The lowest BCUT2D eigenvalue weighted by Gasteiger charge is -2.30. The van der Waals surface area contributed by atoms with Crippen molar-refractivity contribution in [1.82, 2.24) is 10.2 Å². The number of hydrogen-bond donors (Lipinski definition) is 1. The van der Waals surface area contributed by atoms with Crippen molar-refractivity contribution < 1.29 is 9.53 Å². The highest BCUT2D eigenvalue weighted by Crippen LogP contribution is 2.24. The highest BCUT2D eigenvalue weighted by molar-refractivity contribution is 7.99. The van der Waals surface area contributed by atoms with Gasteiger partial charge in [-0.3, -0.25) is 9.69 Å². The molecular weight excluding hydrogens is 260 g/mol. The third-order valence-corrected chi connectivity index (χ3v) is 4.83. The molecule has 0 radical (unpaired) electrons. The van der Waals surface area contributed by atoms with Crippen LogP contribution in [0.15, 0.2) is 0 Å². The minimum atomic E-state index is 0.143. The normalized spacial score (nSPS) is 27.4. The van der Waals surface area contributed by atoms with Gasteiger partial charge in [-0.1, -0.05) is 0 Å². The molecule has 4 nitrogen and oxygen atoms in total. The zero-order chi connectivity index (χ0) is 13.7. The Morgan fingerprint density at radius 3 is 2.89 bits per heavy atom. The largest absolute Gasteiger partial charge is 0.377 e. The van der Waals surface area contributed by atoms with Crippen molar-refractivity contribution in [2.75, 3.05) is 31.2 Å². The number of carbonyl (C=O) groups is 1. The molecule has 2 aliphatic rings. The van der Waals surface area contributed by atoms with Gasteiger partial charge in [-0.15, -0.1) is 0 Å². The second kappa shape index (κ2) is 7.50. The molecule has 2 aliphatic heterocycles. The van der Waals surface area contributed by atoms with Crippen molar-refractivity contribution in [2.45, 2.75) is 51.3 Å². The summed E-state index contributed by atoms with van der Waals surface area (Å²) in [5.74, 6) is 2.52. The number of nitrogens with one attached hydrogen (secondary N) is 1. The molecule has 0 spiro atoms. The van der Waals surface area contributed by atoms with Gasteiger partial charge in [-0.25, -0.2) is 0 Å². The summed E-state index contributed by atoms with van der Waals surface area (Å²) in [7, 11) is 0. The van der Waals surface area contributed by atoms with Crippen molar-refractivity contribution in [3.8, 4) is 0 Å². The minimum Gasteiger partial charge on any atom is -0.377 e. The average Bonchev–Trinajstić information content (AvgIpc) is 2.99. The average molecular weight is 286 g/mol. The quantitative estimate of drug-likeness (QED) is 0.803. The fourth-order valence-corrected chi connectivity index (χ4v) is 4.01. The van der Waals surface area contributed by atoms with E-state index < -0.39 is 0 Å². The van der Waals surface area contributed by atoms with E-state index in [2.05, 4.69) is 10.2 Å². The third kappa shape index (κ3) is 4.97. The zero-order valence-electron chi connectivity index (χ0n) is 12.1. The predicted octanol–water partition coefficient (Wildman–Crippen LogP) is 1.50. The molecule has 0 bridgehead atoms. The Hall–Kier alpha value is -0.260. The van der Waals surface area contributed by atoms with Gasteiger partial charge in [-0.2, -0.15) is 11.8 Å². The number of rotatable bonds is 6. The Morgan fingerprint density at radius 1 is 1.47 bits per heavy atom. The smallest absolute Gasteiger partial charge is 0.234 e. The molecule has 1 N–H and O–H groups in total. The lowest BCUT2D eigenvalue weighted by atomic mass is 10.1. The van der Waals surface area contributed by atoms with Gasteiger partial charge < -0.3 is 10.1 Å². The lowest BCUT2D eigenvalue weighted by molar-refractivity contribution is -0.123. The first-order chi connectivity index (χ1) is 9.15. The van der Waals surface area contributed by atoms with Gasteiger partial charge in [0, 0.05) is 31.0 Å². The molecule has 2 saturated heterocycles. The number of thioether (sulfide) groups is 1. The molecule has 0 saturated carbocycles. The molecule has 2 rings (SSSR count). The molecule has 2 heterocycles. The molecule has 110 valence electrons. The second-order valence-electron chi connectivity index (χ2n) is 5.80. The topological polar surface area (TPSA) is 41.6 Å². The van der Waals surface area contributed by atoms with Crippen LogP contribution in [-0.4, -0.2) is 60.2 Å². The van der Waals surface area contributed by atoms with Gasteiger partial charge in [0.05, 0.1) is 12.6 Å². The number of ether oxygens (including phenoxy) is 1. The molecule has 2 atom stereocenters. The summed E-state index contributed by atoms with van der Waals surface area (Å²) in [4.78, 5) is 14.3. The van der Waals surface area contributed by atoms with Gasteiger partial charge >= 0.3 is 0 Å². The van der Waals surface area contributed by atoms with E-state index in [0.717, 1.165) is 31.7 Å². The Balaban J connectivity index is 1.86. The summed E-state index contributed by atoms with van der Waals surface area (Å²) in [6.45, 7) is 6.33. The van der Waals surface area contributed by atoms with Crippen LogP contribution in [0.3, 0.4) is 0 Å². The molecule has 0 aromatic heterocycles. The number of carbonyl (C=O) groups excluding carboxylic acids is 1. The van der Waals surface area contributed by atoms with Crippen LogP contribution in [0.2, 0.25) is 0 Å². The fourth-order valence-electron chi connectivity index (χ4n) is 2.75. The van der Waals surface area contributed by atoms with Crippen LogP contribution in [-0.2, 0) is 9.53 Å². The van der Waals surface area contributed by atoms with Crippen LogP contribution in [0.5, 0.6) is 0 Å². The molecule has 0 aromatic rings. The lowest BCUT2D eigenvalue weighted by Crippen LogP contribution is -2.47. The van der Waals surface area contributed by atoms with Crippen LogP contribution in [0, 0.1) is 0 Å². The maximum absolute atomic E-state index is 12.0. The standard InChI is InChI=1S/C14H26N2O2S/c1-11(2)15-14(17)9-16(12-5-7-19-10-12)8-13-4-3-6-18-13/h11-13H,3-10H2,1-2H3,(H,15,17)/t12-,13-/m1/s1. The summed E-state index contributed by atoms with van der Waals surface area (Å²) in [5.41, 5.74) is 0. The molecule has 5 heteroatoms. The van der Waals surface area contributed by atoms with Crippen LogP contribution < -0.4 is 5.32 Å². The zero-order valence-corrected chi connectivity index (χ0v) is 12.9. The van der Waals surface area contributed by atoms with E-state index in [-0.39, 0.29) is 11.9 Å².